The summed E-state index contributed by atoms with van der Waals surface area (Å²) in [5.74, 6) is 0.778. The smallest absolute Gasteiger partial charge is 0.322 e. The van der Waals surface area contributed by atoms with Gasteiger partial charge in [-0.1, -0.05) is 6.07 Å². The van der Waals surface area contributed by atoms with Crippen LogP contribution in [0.5, 0.6) is 5.75 Å². The summed E-state index contributed by atoms with van der Waals surface area (Å²) in [7, 11) is 1.67. The van der Waals surface area contributed by atoms with E-state index in [1.807, 2.05) is 72.4 Å². The molecule has 3 amide bonds. The first kappa shape index (κ1) is 27.3. The number of rotatable bonds is 8. The van der Waals surface area contributed by atoms with Gasteiger partial charge < -0.3 is 24.6 Å². The summed E-state index contributed by atoms with van der Waals surface area (Å²) in [5.41, 5.74) is 1.83. The van der Waals surface area contributed by atoms with Gasteiger partial charge in [-0.05, 0) is 82.2 Å². The van der Waals surface area contributed by atoms with Crippen LogP contribution >= 0.6 is 11.8 Å². The molecule has 0 aliphatic carbocycles. The number of nitrogens with one attached hydrogen (secondary N) is 1. The van der Waals surface area contributed by atoms with E-state index < -0.39 is 5.60 Å². The Hall–Kier alpha value is -2.71. The number of urea groups is 1. The number of nitrogens with zero attached hydrogens (tertiary/aromatic N) is 2. The zero-order chi connectivity index (χ0) is 26.4. The first-order valence-corrected chi connectivity index (χ1v) is 14.4. The molecule has 1 fully saturated rings. The van der Waals surface area contributed by atoms with E-state index in [1.165, 1.54) is 6.42 Å². The number of ether oxygens (including phenoxy) is 2. The monoisotopic (exact) mass is 525 g/mol. The lowest BCUT2D eigenvalue weighted by Gasteiger charge is -2.42. The summed E-state index contributed by atoms with van der Waals surface area (Å²) in [5, 5.41) is 3.11. The second-order valence-corrected chi connectivity index (χ2v) is 11.3. The summed E-state index contributed by atoms with van der Waals surface area (Å²) in [4.78, 5) is 32.0. The Kier molecular flexibility index (Phi) is 9.03. The Morgan fingerprint density at radius 2 is 1.95 bits per heavy atom. The minimum Gasteiger partial charge on any atom is -0.487 e. The van der Waals surface area contributed by atoms with Gasteiger partial charge in [0.1, 0.15) is 11.4 Å². The topological polar surface area (TPSA) is 71.1 Å². The molecule has 2 aliphatic rings. The number of thioether (sulfide) groups is 1. The first-order chi connectivity index (χ1) is 17.8. The van der Waals surface area contributed by atoms with Crippen LogP contribution in [0.25, 0.3) is 0 Å². The Morgan fingerprint density at radius 3 is 2.68 bits per heavy atom. The maximum Gasteiger partial charge on any atom is 0.322 e. The normalized spacial score (nSPS) is 18.5. The minimum atomic E-state index is -0.464. The second-order valence-electron chi connectivity index (χ2n) is 10.4. The molecule has 2 aliphatic heterocycles. The van der Waals surface area contributed by atoms with Crippen LogP contribution in [0.2, 0.25) is 0 Å². The molecule has 2 aromatic rings. The zero-order valence-corrected chi connectivity index (χ0v) is 23.2. The molecular weight excluding hydrogens is 486 g/mol. The molecule has 1 unspecified atom stereocenters. The van der Waals surface area contributed by atoms with E-state index in [1.54, 1.807) is 18.9 Å². The van der Waals surface area contributed by atoms with Crippen molar-refractivity contribution in [2.45, 2.75) is 62.5 Å². The fourth-order valence-corrected chi connectivity index (χ4v) is 5.64. The van der Waals surface area contributed by atoms with Crippen LogP contribution in [-0.2, 0) is 4.74 Å². The predicted octanol–water partition coefficient (Wildman–Crippen LogP) is 6.21. The van der Waals surface area contributed by atoms with Crippen molar-refractivity contribution in [3.63, 3.8) is 0 Å². The lowest BCUT2D eigenvalue weighted by Crippen LogP contribution is -2.46. The van der Waals surface area contributed by atoms with Crippen LogP contribution < -0.4 is 10.1 Å². The molecule has 1 saturated heterocycles. The number of anilines is 1. The van der Waals surface area contributed by atoms with Gasteiger partial charge in [0.25, 0.3) is 5.91 Å². The van der Waals surface area contributed by atoms with Gasteiger partial charge in [-0.25, -0.2) is 4.79 Å². The quantitative estimate of drug-likeness (QED) is 0.328. The SMILES string of the molecule is COCCCN(C(=O)Nc1cccc(SC)c1)C1CC(C)(C)Oc2ccc(C(=O)N3CCCCC3)cc21. The number of hydrogen-bond donors (Lipinski definition) is 1. The highest BCUT2D eigenvalue weighted by atomic mass is 32.2. The van der Waals surface area contributed by atoms with E-state index in [9.17, 15) is 9.59 Å². The first-order valence-electron chi connectivity index (χ1n) is 13.1. The lowest BCUT2D eigenvalue weighted by molar-refractivity contribution is 0.0399. The molecule has 0 radical (unpaired) electrons. The number of carbonyl (C=O) groups is 2. The zero-order valence-electron chi connectivity index (χ0n) is 22.4. The van der Waals surface area contributed by atoms with E-state index >= 15 is 0 Å². The second kappa shape index (κ2) is 12.2. The van der Waals surface area contributed by atoms with E-state index in [0.717, 1.165) is 47.8 Å². The van der Waals surface area contributed by atoms with Crippen LogP contribution in [-0.4, -0.2) is 66.9 Å². The molecule has 37 heavy (non-hydrogen) atoms. The highest BCUT2D eigenvalue weighted by Crippen LogP contribution is 2.43. The molecule has 7 nitrogen and oxygen atoms in total. The van der Waals surface area contributed by atoms with E-state index in [2.05, 4.69) is 5.32 Å². The molecule has 200 valence electrons. The molecule has 8 heteroatoms. The molecule has 1 atom stereocenters. The number of likely N-dealkylation sites (tertiary alicyclic amines) is 1. The van der Waals surface area contributed by atoms with Crippen molar-refractivity contribution < 1.29 is 19.1 Å². The summed E-state index contributed by atoms with van der Waals surface area (Å²) in [6, 6.07) is 13.1. The number of benzene rings is 2. The number of methoxy groups -OCH3 is 1. The Bertz CT molecular complexity index is 1100. The van der Waals surface area contributed by atoms with Crippen LogP contribution in [0.3, 0.4) is 0 Å². The third kappa shape index (κ3) is 6.79. The van der Waals surface area contributed by atoms with Crippen LogP contribution in [0.1, 0.15) is 67.9 Å². The standard InChI is InChI=1S/C29H39N3O4S/c1-29(2)20-25(24-18-21(12-13-26(24)36-29)27(33)31-14-6-5-7-15-31)32(16-9-17-35-3)28(34)30-22-10-8-11-23(19-22)37-4/h8,10-13,18-19,25H,5-7,9,14-17,20H2,1-4H3,(H,30,34). The number of piperidine rings is 1. The molecule has 2 aromatic carbocycles. The van der Waals surface area contributed by atoms with Crippen molar-refractivity contribution >= 4 is 29.4 Å². The van der Waals surface area contributed by atoms with Gasteiger partial charge >= 0.3 is 6.03 Å². The highest BCUT2D eigenvalue weighted by Gasteiger charge is 2.39. The number of hydrogen-bond acceptors (Lipinski definition) is 5. The average molecular weight is 526 g/mol. The Balaban J connectivity index is 1.66. The molecular formula is C29H39N3O4S. The van der Waals surface area contributed by atoms with Gasteiger partial charge in [-0.2, -0.15) is 0 Å². The van der Waals surface area contributed by atoms with Crippen LogP contribution in [0, 0.1) is 0 Å². The largest absolute Gasteiger partial charge is 0.487 e. The molecule has 0 aromatic heterocycles. The van der Waals surface area contributed by atoms with Crippen molar-refractivity contribution in [3.05, 3.63) is 53.6 Å². The fourth-order valence-electron chi connectivity index (χ4n) is 5.18. The van der Waals surface area contributed by atoms with Gasteiger partial charge in [0, 0.05) is 61.5 Å². The van der Waals surface area contributed by atoms with Crippen LogP contribution in [0.15, 0.2) is 47.4 Å². The van der Waals surface area contributed by atoms with Gasteiger partial charge in [0.05, 0.1) is 6.04 Å². The third-order valence-corrected chi connectivity index (χ3v) is 7.76. The molecule has 0 bridgehead atoms. The summed E-state index contributed by atoms with van der Waals surface area (Å²) in [6.07, 6.45) is 6.59. The Labute approximate surface area is 224 Å². The van der Waals surface area contributed by atoms with E-state index in [-0.39, 0.29) is 18.0 Å². The molecule has 4 rings (SSSR count). The minimum absolute atomic E-state index is 0.0512. The number of amides is 3. The number of fused-ring (bicyclic) bond motifs is 1. The molecule has 0 spiro atoms. The van der Waals surface area contributed by atoms with Crippen molar-refractivity contribution in [2.75, 3.05) is 44.9 Å². The number of carbonyl (C=O) groups excluding carboxylic acids is 2. The lowest BCUT2D eigenvalue weighted by atomic mass is 9.87. The summed E-state index contributed by atoms with van der Waals surface area (Å²) < 4.78 is 11.6. The van der Waals surface area contributed by atoms with Crippen LogP contribution in [0.4, 0.5) is 10.5 Å². The van der Waals surface area contributed by atoms with Gasteiger partial charge in [-0.3, -0.25) is 4.79 Å². The van der Waals surface area contributed by atoms with E-state index in [4.69, 9.17) is 9.47 Å². The van der Waals surface area contributed by atoms with Gasteiger partial charge in [-0.15, -0.1) is 11.8 Å². The van der Waals surface area contributed by atoms with Gasteiger partial charge in [0.15, 0.2) is 0 Å². The third-order valence-electron chi connectivity index (χ3n) is 7.04. The Morgan fingerprint density at radius 1 is 1.16 bits per heavy atom. The summed E-state index contributed by atoms with van der Waals surface area (Å²) in [6.45, 7) is 6.75. The summed E-state index contributed by atoms with van der Waals surface area (Å²) >= 11 is 1.64. The van der Waals surface area contributed by atoms with Crippen molar-refractivity contribution in [1.29, 1.82) is 0 Å². The highest BCUT2D eigenvalue weighted by molar-refractivity contribution is 7.98. The van der Waals surface area contributed by atoms with E-state index in [0.29, 0.717) is 31.6 Å². The molecule has 1 N–H and O–H groups in total. The van der Waals surface area contributed by atoms with Crippen molar-refractivity contribution in [2.24, 2.45) is 0 Å². The fraction of sp³-hybridized carbons (Fsp3) is 0.517. The maximum atomic E-state index is 13.7. The van der Waals surface area contributed by atoms with Crippen molar-refractivity contribution in [1.82, 2.24) is 9.80 Å². The molecule has 0 saturated carbocycles. The predicted molar refractivity (Wildman–Crippen MR) is 149 cm³/mol. The van der Waals surface area contributed by atoms with Crippen molar-refractivity contribution in [3.8, 4) is 5.75 Å². The maximum absolute atomic E-state index is 13.7. The molecule has 2 heterocycles. The average Bonchev–Trinajstić information content (AvgIpc) is 2.90. The van der Waals surface area contributed by atoms with Gasteiger partial charge in [0.2, 0.25) is 0 Å².